The molecule has 1 heterocycles. The molecule has 2 aromatic rings. The summed E-state index contributed by atoms with van der Waals surface area (Å²) < 4.78 is 29.6. The van der Waals surface area contributed by atoms with E-state index in [1.165, 1.54) is 29.8 Å². The Labute approximate surface area is 132 Å². The largest absolute Gasteiger partial charge is 0.371 e. The average Bonchev–Trinajstić information content (AvgIpc) is 2.75. The number of hydrogen-bond donors (Lipinski definition) is 1. The lowest BCUT2D eigenvalue weighted by molar-refractivity contribution is 0.483. The molecule has 5 heteroatoms. The van der Waals surface area contributed by atoms with Gasteiger partial charge in [-0.15, -0.1) is 0 Å². The van der Waals surface area contributed by atoms with Gasteiger partial charge in [-0.3, -0.25) is 4.55 Å². The highest BCUT2D eigenvalue weighted by Crippen LogP contribution is 2.29. The van der Waals surface area contributed by atoms with E-state index >= 15 is 0 Å². The average molecular weight is 319 g/mol. The van der Waals surface area contributed by atoms with Gasteiger partial charge < -0.3 is 4.90 Å². The minimum Gasteiger partial charge on any atom is -0.371 e. The number of benzene rings is 2. The van der Waals surface area contributed by atoms with Crippen molar-refractivity contribution < 1.29 is 13.0 Å². The number of fused-ring (bicyclic) bond motifs is 1. The molecular weight excluding hydrogens is 298 g/mol. The zero-order valence-corrected chi connectivity index (χ0v) is 13.8. The standard InChI is InChI=1S/C10H13N.C7H8O3S/c1-8-7-9-5-3-4-6-10(9)11(8)2;1-6-2-4-7(5-3-6)11(8,9)10/h3-6,8H,7H2,1-2H3;2-5H,1H3,(H,8,9,10). The zero-order valence-electron chi connectivity index (χ0n) is 13.0. The van der Waals surface area contributed by atoms with Gasteiger partial charge in [0.05, 0.1) is 4.90 Å². The van der Waals surface area contributed by atoms with Gasteiger partial charge in [0.25, 0.3) is 10.1 Å². The van der Waals surface area contributed by atoms with Gasteiger partial charge >= 0.3 is 0 Å². The minimum atomic E-state index is -4.02. The molecule has 0 saturated heterocycles. The summed E-state index contributed by atoms with van der Waals surface area (Å²) >= 11 is 0. The number of likely N-dealkylation sites (N-methyl/N-ethyl adjacent to an activating group) is 1. The zero-order chi connectivity index (χ0) is 16.3. The Bertz CT molecular complexity index is 739. The Kier molecular flexibility index (Phi) is 4.88. The Hall–Kier alpha value is -1.85. The van der Waals surface area contributed by atoms with E-state index < -0.39 is 10.1 Å². The second-order valence-electron chi connectivity index (χ2n) is 5.58. The van der Waals surface area contributed by atoms with Crippen LogP contribution >= 0.6 is 0 Å². The van der Waals surface area contributed by atoms with Crippen molar-refractivity contribution in [2.24, 2.45) is 0 Å². The maximum atomic E-state index is 10.5. The monoisotopic (exact) mass is 319 g/mol. The molecule has 0 bridgehead atoms. The van der Waals surface area contributed by atoms with E-state index in [1.807, 2.05) is 6.92 Å². The van der Waals surface area contributed by atoms with E-state index in [0.717, 1.165) is 5.56 Å². The van der Waals surface area contributed by atoms with Crippen LogP contribution in [0.15, 0.2) is 53.4 Å². The number of anilines is 1. The summed E-state index contributed by atoms with van der Waals surface area (Å²) in [6, 6.07) is 15.3. The molecular formula is C17H21NO3S. The third-order valence-electron chi connectivity index (χ3n) is 3.87. The third kappa shape index (κ3) is 3.87. The molecule has 0 aromatic heterocycles. The highest BCUT2D eigenvalue weighted by molar-refractivity contribution is 7.85. The van der Waals surface area contributed by atoms with Crippen LogP contribution in [-0.4, -0.2) is 26.1 Å². The number of para-hydroxylation sites is 1. The fourth-order valence-corrected chi connectivity index (χ4v) is 2.91. The third-order valence-corrected chi connectivity index (χ3v) is 4.73. The van der Waals surface area contributed by atoms with Gasteiger partial charge in [-0.1, -0.05) is 35.9 Å². The number of aryl methyl sites for hydroxylation is 1. The second-order valence-corrected chi connectivity index (χ2v) is 7.00. The summed E-state index contributed by atoms with van der Waals surface area (Å²) in [4.78, 5) is 2.28. The molecule has 0 spiro atoms. The van der Waals surface area contributed by atoms with Crippen molar-refractivity contribution in [2.45, 2.75) is 31.2 Å². The number of hydrogen-bond acceptors (Lipinski definition) is 3. The smallest absolute Gasteiger partial charge is 0.294 e. The Balaban J connectivity index is 0.000000160. The molecule has 1 aliphatic heterocycles. The molecule has 0 radical (unpaired) electrons. The molecule has 2 aromatic carbocycles. The molecule has 22 heavy (non-hydrogen) atoms. The van der Waals surface area contributed by atoms with Crippen LogP contribution in [-0.2, 0) is 16.5 Å². The van der Waals surface area contributed by atoms with Crippen LogP contribution in [0.5, 0.6) is 0 Å². The van der Waals surface area contributed by atoms with Gasteiger partial charge in [-0.2, -0.15) is 8.42 Å². The second kappa shape index (κ2) is 6.50. The lowest BCUT2D eigenvalue weighted by Gasteiger charge is -2.17. The lowest BCUT2D eigenvalue weighted by Crippen LogP contribution is -2.23. The predicted octanol–water partition coefficient (Wildman–Crippen LogP) is 3.31. The maximum absolute atomic E-state index is 10.5. The molecule has 0 aliphatic carbocycles. The van der Waals surface area contributed by atoms with Crippen LogP contribution < -0.4 is 4.90 Å². The Morgan fingerprint density at radius 1 is 1.09 bits per heavy atom. The summed E-state index contributed by atoms with van der Waals surface area (Å²) in [6.07, 6.45) is 1.20. The van der Waals surface area contributed by atoms with Gasteiger partial charge in [0, 0.05) is 18.8 Å². The van der Waals surface area contributed by atoms with Gasteiger partial charge in [-0.05, 0) is 44.0 Å². The SMILES string of the molecule is CC1Cc2ccccc2N1C.Cc1ccc(S(=O)(=O)O)cc1. The summed E-state index contributed by atoms with van der Waals surface area (Å²) in [5, 5.41) is 0. The van der Waals surface area contributed by atoms with Gasteiger partial charge in [0.15, 0.2) is 0 Å². The van der Waals surface area contributed by atoms with Crippen molar-refractivity contribution in [3.63, 3.8) is 0 Å². The molecule has 3 rings (SSSR count). The number of nitrogens with zero attached hydrogens (tertiary/aromatic N) is 1. The normalized spacial score (nSPS) is 16.7. The first kappa shape index (κ1) is 16.5. The number of rotatable bonds is 1. The van der Waals surface area contributed by atoms with Crippen molar-refractivity contribution in [2.75, 3.05) is 11.9 Å². The molecule has 1 unspecified atom stereocenters. The van der Waals surface area contributed by atoms with Crippen LogP contribution in [0.25, 0.3) is 0 Å². The summed E-state index contributed by atoms with van der Waals surface area (Å²) in [5.41, 5.74) is 3.85. The summed E-state index contributed by atoms with van der Waals surface area (Å²) in [6.45, 7) is 4.10. The van der Waals surface area contributed by atoms with Crippen molar-refractivity contribution in [3.8, 4) is 0 Å². The van der Waals surface area contributed by atoms with E-state index in [4.69, 9.17) is 4.55 Å². The van der Waals surface area contributed by atoms with E-state index in [1.54, 1.807) is 12.1 Å². The first-order valence-electron chi connectivity index (χ1n) is 7.14. The van der Waals surface area contributed by atoms with E-state index in [2.05, 4.69) is 43.1 Å². The first-order valence-corrected chi connectivity index (χ1v) is 8.58. The topological polar surface area (TPSA) is 57.6 Å². The molecule has 0 fully saturated rings. The highest BCUT2D eigenvalue weighted by atomic mass is 32.2. The van der Waals surface area contributed by atoms with Crippen molar-refractivity contribution >= 4 is 15.8 Å². The van der Waals surface area contributed by atoms with Crippen LogP contribution in [0.4, 0.5) is 5.69 Å². The van der Waals surface area contributed by atoms with Crippen molar-refractivity contribution in [1.82, 2.24) is 0 Å². The summed E-state index contributed by atoms with van der Waals surface area (Å²) in [7, 11) is -1.86. The maximum Gasteiger partial charge on any atom is 0.294 e. The van der Waals surface area contributed by atoms with Crippen molar-refractivity contribution in [3.05, 3.63) is 59.7 Å². The Morgan fingerprint density at radius 2 is 1.68 bits per heavy atom. The van der Waals surface area contributed by atoms with E-state index in [-0.39, 0.29) is 4.90 Å². The molecule has 4 nitrogen and oxygen atoms in total. The molecule has 1 aliphatic rings. The highest BCUT2D eigenvalue weighted by Gasteiger charge is 2.21. The lowest BCUT2D eigenvalue weighted by atomic mass is 10.1. The van der Waals surface area contributed by atoms with E-state index in [0.29, 0.717) is 6.04 Å². The van der Waals surface area contributed by atoms with Crippen LogP contribution in [0.2, 0.25) is 0 Å². The van der Waals surface area contributed by atoms with Gasteiger partial charge in [0.2, 0.25) is 0 Å². The van der Waals surface area contributed by atoms with Crippen LogP contribution in [0.1, 0.15) is 18.1 Å². The minimum absolute atomic E-state index is 0.0666. The molecule has 0 amide bonds. The molecule has 1 atom stereocenters. The van der Waals surface area contributed by atoms with Gasteiger partial charge in [-0.25, -0.2) is 0 Å². The predicted molar refractivity (Wildman–Crippen MR) is 89.0 cm³/mol. The van der Waals surface area contributed by atoms with Crippen LogP contribution in [0, 0.1) is 6.92 Å². The van der Waals surface area contributed by atoms with Crippen LogP contribution in [0.3, 0.4) is 0 Å². The fourth-order valence-electron chi connectivity index (χ4n) is 2.43. The Morgan fingerprint density at radius 3 is 2.23 bits per heavy atom. The fraction of sp³-hybridized carbons (Fsp3) is 0.294. The molecule has 0 saturated carbocycles. The summed E-state index contributed by atoms with van der Waals surface area (Å²) in [5.74, 6) is 0. The van der Waals surface area contributed by atoms with Crippen molar-refractivity contribution in [1.29, 1.82) is 0 Å². The van der Waals surface area contributed by atoms with Gasteiger partial charge in [0.1, 0.15) is 0 Å². The molecule has 118 valence electrons. The van der Waals surface area contributed by atoms with E-state index in [9.17, 15) is 8.42 Å². The quantitative estimate of drug-likeness (QED) is 0.819. The molecule has 1 N–H and O–H groups in total. The first-order chi connectivity index (χ1) is 10.3.